The fourth-order valence-electron chi connectivity index (χ4n) is 3.62. The van der Waals surface area contributed by atoms with Crippen molar-refractivity contribution in [2.45, 2.75) is 43.3 Å². The third-order valence-corrected chi connectivity index (χ3v) is 6.15. The zero-order valence-corrected chi connectivity index (χ0v) is 19.8. The summed E-state index contributed by atoms with van der Waals surface area (Å²) in [4.78, 5) is 18.1. The third kappa shape index (κ3) is 5.49. The number of aromatic nitrogens is 1. The number of rotatable bonds is 9. The Labute approximate surface area is 198 Å². The molecular weight excluding hydrogens is 438 g/mol. The molecule has 0 spiro atoms. The van der Waals surface area contributed by atoms with Gasteiger partial charge in [0.1, 0.15) is 23.2 Å². The number of carbonyl (C=O) groups excluding carboxylic acids is 1. The summed E-state index contributed by atoms with van der Waals surface area (Å²) in [6, 6.07) is 13.6. The molecule has 0 radical (unpaired) electrons. The van der Waals surface area contributed by atoms with Gasteiger partial charge in [-0.2, -0.15) is 5.26 Å². The number of pyridine rings is 1. The average molecular weight is 466 g/mol. The molecule has 7 nitrogen and oxygen atoms in total. The highest BCUT2D eigenvalue weighted by Gasteiger charge is 2.37. The molecule has 0 amide bonds. The van der Waals surface area contributed by atoms with E-state index in [1.54, 1.807) is 18.0 Å². The van der Waals surface area contributed by atoms with Gasteiger partial charge in [0.2, 0.25) is 5.88 Å². The normalized spacial score (nSPS) is 15.6. The molecule has 0 aliphatic carbocycles. The molecule has 0 saturated carbocycles. The molecule has 1 aromatic carbocycles. The molecule has 1 aromatic heterocycles. The number of hydrogen-bond acceptors (Lipinski definition) is 8. The first kappa shape index (κ1) is 24.2. The average Bonchev–Trinajstić information content (AvgIpc) is 2.83. The van der Waals surface area contributed by atoms with Gasteiger partial charge < -0.3 is 19.9 Å². The zero-order chi connectivity index (χ0) is 23.8. The molecule has 2 heterocycles. The SMILES string of the molecule is CCCC1=C(C(=O)OC)C(c2ccc(OCC)c(SCc3ccccn3)c2)C(C#N)=C(N)O1. The van der Waals surface area contributed by atoms with Crippen molar-refractivity contribution in [3.8, 4) is 11.8 Å². The van der Waals surface area contributed by atoms with Crippen LogP contribution in [0.3, 0.4) is 0 Å². The quantitative estimate of drug-likeness (QED) is 0.415. The first-order chi connectivity index (χ1) is 16.0. The molecule has 8 heteroatoms. The van der Waals surface area contributed by atoms with Crippen LogP contribution < -0.4 is 10.5 Å². The van der Waals surface area contributed by atoms with Crippen molar-refractivity contribution < 1.29 is 19.0 Å². The number of nitrogens with zero attached hydrogens (tertiary/aromatic N) is 2. The largest absolute Gasteiger partial charge is 0.493 e. The Morgan fingerprint density at radius 3 is 2.76 bits per heavy atom. The maximum absolute atomic E-state index is 12.8. The number of hydrogen-bond donors (Lipinski definition) is 1. The lowest BCUT2D eigenvalue weighted by atomic mass is 9.82. The van der Waals surface area contributed by atoms with Crippen LogP contribution in [-0.2, 0) is 20.0 Å². The smallest absolute Gasteiger partial charge is 0.338 e. The lowest BCUT2D eigenvalue weighted by molar-refractivity contribution is -0.136. The molecule has 3 rings (SSSR count). The second kappa shape index (κ2) is 11.4. The van der Waals surface area contributed by atoms with Gasteiger partial charge >= 0.3 is 5.97 Å². The van der Waals surface area contributed by atoms with Gasteiger partial charge in [-0.15, -0.1) is 11.8 Å². The lowest BCUT2D eigenvalue weighted by Crippen LogP contribution is -2.26. The van der Waals surface area contributed by atoms with Crippen LogP contribution in [-0.4, -0.2) is 24.7 Å². The predicted octanol–water partition coefficient (Wildman–Crippen LogP) is 4.81. The molecule has 33 heavy (non-hydrogen) atoms. The number of ether oxygens (including phenoxy) is 3. The molecule has 2 aromatic rings. The summed E-state index contributed by atoms with van der Waals surface area (Å²) >= 11 is 1.57. The number of esters is 1. The number of thioether (sulfide) groups is 1. The van der Waals surface area contributed by atoms with E-state index in [1.165, 1.54) is 7.11 Å². The number of nitriles is 1. The Balaban J connectivity index is 2.09. The number of methoxy groups -OCH3 is 1. The van der Waals surface area contributed by atoms with Gasteiger partial charge in [0, 0.05) is 18.4 Å². The van der Waals surface area contributed by atoms with Crippen molar-refractivity contribution >= 4 is 17.7 Å². The zero-order valence-electron chi connectivity index (χ0n) is 19.0. The van der Waals surface area contributed by atoms with E-state index in [1.807, 2.05) is 50.2 Å². The van der Waals surface area contributed by atoms with Crippen LogP contribution in [0.2, 0.25) is 0 Å². The fourth-order valence-corrected chi connectivity index (χ4v) is 4.59. The van der Waals surface area contributed by atoms with Gasteiger partial charge in [0.15, 0.2) is 0 Å². The van der Waals surface area contributed by atoms with Crippen molar-refractivity contribution in [3.05, 3.63) is 76.6 Å². The van der Waals surface area contributed by atoms with Crippen LogP contribution >= 0.6 is 11.8 Å². The van der Waals surface area contributed by atoms with Gasteiger partial charge in [-0.1, -0.05) is 19.1 Å². The lowest BCUT2D eigenvalue weighted by Gasteiger charge is -2.28. The molecule has 1 unspecified atom stereocenters. The Bertz CT molecular complexity index is 1110. The monoisotopic (exact) mass is 465 g/mol. The van der Waals surface area contributed by atoms with Crippen molar-refractivity contribution in [2.75, 3.05) is 13.7 Å². The molecule has 0 fully saturated rings. The van der Waals surface area contributed by atoms with Gasteiger partial charge in [0.05, 0.1) is 35.8 Å². The first-order valence-electron chi connectivity index (χ1n) is 10.7. The maximum atomic E-state index is 12.8. The number of nitrogens with two attached hydrogens (primary N) is 1. The first-order valence-corrected chi connectivity index (χ1v) is 11.7. The van der Waals surface area contributed by atoms with E-state index >= 15 is 0 Å². The second-order valence-corrected chi connectivity index (χ2v) is 8.27. The van der Waals surface area contributed by atoms with Crippen LogP contribution in [0.1, 0.15) is 43.9 Å². The van der Waals surface area contributed by atoms with Crippen LogP contribution in [0.25, 0.3) is 0 Å². The number of benzene rings is 1. The molecule has 0 bridgehead atoms. The van der Waals surface area contributed by atoms with Crippen molar-refractivity contribution in [1.82, 2.24) is 4.98 Å². The highest BCUT2D eigenvalue weighted by atomic mass is 32.2. The minimum Gasteiger partial charge on any atom is -0.493 e. The van der Waals surface area contributed by atoms with Gasteiger partial charge in [-0.25, -0.2) is 4.79 Å². The predicted molar refractivity (Wildman–Crippen MR) is 126 cm³/mol. The topological polar surface area (TPSA) is 107 Å². The fraction of sp³-hybridized carbons (Fsp3) is 0.320. The van der Waals surface area contributed by atoms with Gasteiger partial charge in [-0.05, 0) is 43.2 Å². The highest BCUT2D eigenvalue weighted by Crippen LogP contribution is 2.43. The minimum atomic E-state index is -0.692. The molecule has 172 valence electrons. The summed E-state index contributed by atoms with van der Waals surface area (Å²) in [7, 11) is 1.32. The Morgan fingerprint density at radius 1 is 1.30 bits per heavy atom. The molecule has 1 aliphatic rings. The number of carbonyl (C=O) groups is 1. The van der Waals surface area contributed by atoms with E-state index in [9.17, 15) is 10.1 Å². The molecular formula is C25H27N3O4S. The van der Waals surface area contributed by atoms with E-state index in [4.69, 9.17) is 19.9 Å². The maximum Gasteiger partial charge on any atom is 0.338 e. The van der Waals surface area contributed by atoms with E-state index in [0.717, 1.165) is 28.3 Å². The van der Waals surface area contributed by atoms with Crippen molar-refractivity contribution in [2.24, 2.45) is 5.73 Å². The summed E-state index contributed by atoms with van der Waals surface area (Å²) in [6.07, 6.45) is 3.00. The molecule has 0 saturated heterocycles. The molecule has 1 atom stereocenters. The summed E-state index contributed by atoms with van der Waals surface area (Å²) in [5.74, 6) is 0.574. The van der Waals surface area contributed by atoms with Crippen LogP contribution in [0.15, 0.2) is 70.3 Å². The van der Waals surface area contributed by atoms with E-state index in [-0.39, 0.29) is 11.5 Å². The standard InChI is InChI=1S/C25H27N3O4S/c1-4-8-20-23(25(29)30-3)22(18(14-26)24(27)32-20)16-10-11-19(31-5-2)21(13-16)33-15-17-9-6-7-12-28-17/h6-7,9-13,22H,4-5,8,15,27H2,1-3H3. The molecule has 1 aliphatic heterocycles. The summed E-state index contributed by atoms with van der Waals surface area (Å²) in [6.45, 7) is 4.41. The third-order valence-electron chi connectivity index (χ3n) is 5.08. The van der Waals surface area contributed by atoms with E-state index in [2.05, 4.69) is 11.1 Å². The van der Waals surface area contributed by atoms with Gasteiger partial charge in [0.25, 0.3) is 0 Å². The van der Waals surface area contributed by atoms with Crippen LogP contribution in [0, 0.1) is 11.3 Å². The number of allylic oxidation sites excluding steroid dienone is 2. The molecule has 2 N–H and O–H groups in total. The second-order valence-electron chi connectivity index (χ2n) is 7.25. The Hall–Kier alpha value is -3.44. The Kier molecular flexibility index (Phi) is 8.39. The summed E-state index contributed by atoms with van der Waals surface area (Å²) < 4.78 is 16.6. The van der Waals surface area contributed by atoms with Crippen molar-refractivity contribution in [3.63, 3.8) is 0 Å². The van der Waals surface area contributed by atoms with E-state index < -0.39 is 11.9 Å². The van der Waals surface area contributed by atoms with Crippen LogP contribution in [0.5, 0.6) is 5.75 Å². The minimum absolute atomic E-state index is 0.00942. The highest BCUT2D eigenvalue weighted by molar-refractivity contribution is 7.98. The Morgan fingerprint density at radius 2 is 2.12 bits per heavy atom. The van der Waals surface area contributed by atoms with Crippen LogP contribution in [0.4, 0.5) is 0 Å². The van der Waals surface area contributed by atoms with Crippen molar-refractivity contribution in [1.29, 1.82) is 5.26 Å². The van der Waals surface area contributed by atoms with E-state index in [0.29, 0.717) is 30.1 Å². The summed E-state index contributed by atoms with van der Waals surface area (Å²) in [5, 5.41) is 9.86. The van der Waals surface area contributed by atoms with Gasteiger partial charge in [-0.3, -0.25) is 4.98 Å². The summed E-state index contributed by atoms with van der Waals surface area (Å²) in [5.41, 5.74) is 8.25.